The zero-order chi connectivity index (χ0) is 17.7. The van der Waals surface area contributed by atoms with Crippen molar-refractivity contribution >= 4 is 5.97 Å². The third-order valence-electron chi connectivity index (χ3n) is 4.49. The lowest BCUT2D eigenvalue weighted by Crippen LogP contribution is -3.00. The maximum atomic E-state index is 12.0. The van der Waals surface area contributed by atoms with Crippen LogP contribution in [0.3, 0.4) is 0 Å². The van der Waals surface area contributed by atoms with Crippen LogP contribution < -0.4 is 28.5 Å². The molecule has 26 heavy (non-hydrogen) atoms. The number of ether oxygens (including phenoxy) is 1. The first kappa shape index (κ1) is 22.6. The van der Waals surface area contributed by atoms with Gasteiger partial charge in [0.2, 0.25) is 0 Å². The lowest BCUT2D eigenvalue weighted by molar-refractivity contribution is -0.697. The second-order valence-electron chi connectivity index (χ2n) is 6.53. The van der Waals surface area contributed by atoms with Gasteiger partial charge in [0.15, 0.2) is 12.4 Å². The molecule has 1 aromatic heterocycles. The number of halogens is 1. The number of hydrogen-bond acceptors (Lipinski definition) is 2. The average molecular weight is 467 g/mol. The number of nitrogens with zero attached hydrogens (tertiary/aromatic N) is 1. The van der Waals surface area contributed by atoms with Crippen molar-refractivity contribution in [3.05, 3.63) is 66.5 Å². The van der Waals surface area contributed by atoms with E-state index >= 15 is 0 Å². The first-order valence-corrected chi connectivity index (χ1v) is 9.43. The van der Waals surface area contributed by atoms with Gasteiger partial charge < -0.3 is 28.7 Å². The molecule has 0 amide bonds. The molecule has 1 heterocycles. The highest BCUT2D eigenvalue weighted by Crippen LogP contribution is 2.16. The summed E-state index contributed by atoms with van der Waals surface area (Å²) in [6.07, 6.45) is 11.3. The summed E-state index contributed by atoms with van der Waals surface area (Å²) in [5, 5.41) is 0. The molecule has 0 N–H and O–H groups in total. The van der Waals surface area contributed by atoms with E-state index in [1.807, 2.05) is 43.3 Å². The molecule has 0 fully saturated rings. The summed E-state index contributed by atoms with van der Waals surface area (Å²) in [6.45, 7) is 3.54. The molecule has 0 saturated carbocycles. The van der Waals surface area contributed by atoms with E-state index in [2.05, 4.69) is 29.1 Å². The van der Waals surface area contributed by atoms with Crippen molar-refractivity contribution in [2.75, 3.05) is 6.61 Å². The lowest BCUT2D eigenvalue weighted by Gasteiger charge is -2.11. The van der Waals surface area contributed by atoms with Gasteiger partial charge in [-0.1, -0.05) is 55.7 Å². The van der Waals surface area contributed by atoms with Crippen LogP contribution in [-0.4, -0.2) is 12.6 Å². The molecule has 0 unspecified atom stereocenters. The van der Waals surface area contributed by atoms with Crippen LogP contribution in [0, 0.1) is 0 Å². The first-order chi connectivity index (χ1) is 12.3. The van der Waals surface area contributed by atoms with Gasteiger partial charge in [-0.3, -0.25) is 4.79 Å². The molecule has 0 radical (unpaired) electrons. The fraction of sp³-hybridized carbons (Fsp3) is 0.455. The summed E-state index contributed by atoms with van der Waals surface area (Å²) < 4.78 is 7.63. The highest BCUT2D eigenvalue weighted by Gasteiger charge is 2.15. The van der Waals surface area contributed by atoms with Crippen LogP contribution in [0.1, 0.15) is 56.9 Å². The van der Waals surface area contributed by atoms with Gasteiger partial charge in [0.05, 0.1) is 12.5 Å². The third-order valence-corrected chi connectivity index (χ3v) is 4.49. The summed E-state index contributed by atoms with van der Waals surface area (Å²) in [5.41, 5.74) is 1.02. The Morgan fingerprint density at radius 1 is 0.885 bits per heavy atom. The molecule has 1 atom stereocenters. The van der Waals surface area contributed by atoms with E-state index in [0.717, 1.165) is 24.9 Å². The van der Waals surface area contributed by atoms with Crippen LogP contribution in [0.25, 0.3) is 0 Å². The second kappa shape index (κ2) is 13.7. The predicted octanol–water partition coefficient (Wildman–Crippen LogP) is 1.67. The number of aromatic nitrogens is 1. The highest BCUT2D eigenvalue weighted by molar-refractivity contribution is 5.77. The van der Waals surface area contributed by atoms with E-state index in [9.17, 15) is 4.79 Å². The maximum Gasteiger partial charge on any atom is 0.313 e. The number of unbranched alkanes of at least 4 members (excludes halogenated alkanes) is 5. The van der Waals surface area contributed by atoms with Crippen LogP contribution in [-0.2, 0) is 16.1 Å². The molecular weight excluding hydrogens is 437 g/mol. The third kappa shape index (κ3) is 8.79. The molecule has 1 aromatic carbocycles. The Hall–Kier alpha value is -1.43. The smallest absolute Gasteiger partial charge is 0.313 e. The van der Waals surface area contributed by atoms with Gasteiger partial charge in [-0.25, -0.2) is 4.57 Å². The van der Waals surface area contributed by atoms with Crippen molar-refractivity contribution in [3.8, 4) is 0 Å². The summed E-state index contributed by atoms with van der Waals surface area (Å²) >= 11 is 0. The molecule has 2 aromatic rings. The normalized spacial score (nSPS) is 11.4. The van der Waals surface area contributed by atoms with Gasteiger partial charge in [0.25, 0.3) is 0 Å². The Kier molecular flexibility index (Phi) is 11.9. The Balaban J connectivity index is 0.00000338. The minimum Gasteiger partial charge on any atom is -1.00 e. The van der Waals surface area contributed by atoms with Gasteiger partial charge in [0, 0.05) is 18.6 Å². The molecule has 0 aliphatic heterocycles. The Bertz CT molecular complexity index is 604. The van der Waals surface area contributed by atoms with Crippen molar-refractivity contribution in [1.82, 2.24) is 0 Å². The minimum atomic E-state index is -0.184. The van der Waals surface area contributed by atoms with Crippen LogP contribution in [0.4, 0.5) is 0 Å². The number of carbonyl (C=O) groups is 1. The number of hydrogen-bond donors (Lipinski definition) is 0. The summed E-state index contributed by atoms with van der Waals surface area (Å²) in [5.74, 6) is -0.303. The Morgan fingerprint density at radius 3 is 2.15 bits per heavy atom. The molecule has 3 nitrogen and oxygen atoms in total. The van der Waals surface area contributed by atoms with Crippen molar-refractivity contribution in [2.24, 2.45) is 0 Å². The number of pyridine rings is 1. The van der Waals surface area contributed by atoms with E-state index in [1.165, 1.54) is 25.7 Å². The highest BCUT2D eigenvalue weighted by atomic mass is 127. The minimum absolute atomic E-state index is 0. The quantitative estimate of drug-likeness (QED) is 0.218. The van der Waals surface area contributed by atoms with Gasteiger partial charge in [-0.05, 0) is 25.3 Å². The Morgan fingerprint density at radius 2 is 1.46 bits per heavy atom. The van der Waals surface area contributed by atoms with E-state index in [-0.39, 0.29) is 35.9 Å². The number of carbonyl (C=O) groups excluding carboxylic acids is 1. The standard InChI is InChI=1S/C22H30NO2.HI/c1-20(21-14-8-6-9-15-21)22(24)25-19-13-5-3-2-4-10-16-23-17-11-7-12-18-23;/h6-9,11-12,14-15,17-18,20H,2-5,10,13,16,19H2,1H3;1H/q+1;/p-1/t20-;/m0./s1. The number of aryl methyl sites for hydroxylation is 1. The summed E-state index contributed by atoms with van der Waals surface area (Å²) in [4.78, 5) is 12.0. The average Bonchev–Trinajstić information content (AvgIpc) is 2.67. The van der Waals surface area contributed by atoms with Crippen LogP contribution in [0.2, 0.25) is 0 Å². The van der Waals surface area contributed by atoms with E-state index in [0.29, 0.717) is 6.61 Å². The number of benzene rings is 1. The zero-order valence-corrected chi connectivity index (χ0v) is 17.8. The predicted molar refractivity (Wildman–Crippen MR) is 100 cm³/mol. The van der Waals surface area contributed by atoms with Gasteiger partial charge in [-0.15, -0.1) is 0 Å². The van der Waals surface area contributed by atoms with E-state index in [1.54, 1.807) is 0 Å². The molecule has 142 valence electrons. The molecule has 0 aliphatic carbocycles. The molecule has 4 heteroatoms. The van der Waals surface area contributed by atoms with E-state index < -0.39 is 0 Å². The number of rotatable bonds is 11. The van der Waals surface area contributed by atoms with Crippen LogP contribution in [0.5, 0.6) is 0 Å². The Labute approximate surface area is 174 Å². The fourth-order valence-corrected chi connectivity index (χ4v) is 2.86. The van der Waals surface area contributed by atoms with Gasteiger partial charge in [-0.2, -0.15) is 0 Å². The molecule has 0 saturated heterocycles. The van der Waals surface area contributed by atoms with Crippen molar-refractivity contribution < 1.29 is 38.1 Å². The molecule has 0 bridgehead atoms. The largest absolute Gasteiger partial charge is 1.00 e. The molecular formula is C22H30INO2. The van der Waals surface area contributed by atoms with E-state index in [4.69, 9.17) is 4.74 Å². The maximum absolute atomic E-state index is 12.0. The lowest BCUT2D eigenvalue weighted by atomic mass is 10.0. The topological polar surface area (TPSA) is 30.2 Å². The second-order valence-corrected chi connectivity index (χ2v) is 6.53. The fourth-order valence-electron chi connectivity index (χ4n) is 2.86. The van der Waals surface area contributed by atoms with Gasteiger partial charge in [0.1, 0.15) is 6.54 Å². The van der Waals surface area contributed by atoms with Crippen molar-refractivity contribution in [2.45, 2.75) is 57.9 Å². The summed E-state index contributed by atoms with van der Waals surface area (Å²) in [6, 6.07) is 16.0. The monoisotopic (exact) mass is 467 g/mol. The summed E-state index contributed by atoms with van der Waals surface area (Å²) in [7, 11) is 0. The first-order valence-electron chi connectivity index (χ1n) is 9.43. The molecule has 2 rings (SSSR count). The van der Waals surface area contributed by atoms with Crippen molar-refractivity contribution in [3.63, 3.8) is 0 Å². The SMILES string of the molecule is C[C@H](C(=O)OCCCCCCCC[n+]1ccccc1)c1ccccc1.[I-]. The van der Waals surface area contributed by atoms with Crippen LogP contribution >= 0.6 is 0 Å². The van der Waals surface area contributed by atoms with Crippen molar-refractivity contribution in [1.29, 1.82) is 0 Å². The van der Waals surface area contributed by atoms with Crippen LogP contribution in [0.15, 0.2) is 60.9 Å². The zero-order valence-electron chi connectivity index (χ0n) is 15.6. The molecule has 0 spiro atoms. The molecule has 0 aliphatic rings. The number of esters is 1. The van der Waals surface area contributed by atoms with Gasteiger partial charge >= 0.3 is 5.97 Å².